The zero-order valence-electron chi connectivity index (χ0n) is 10.3. The summed E-state index contributed by atoms with van der Waals surface area (Å²) in [6.07, 6.45) is 0. The molecule has 0 radical (unpaired) electrons. The number of rotatable bonds is 5. The number of fused-ring (bicyclic) bond motifs is 1. The fraction of sp³-hybridized carbons (Fsp3) is 0.273. The Bertz CT molecular complexity index is 622. The van der Waals surface area contributed by atoms with Crippen molar-refractivity contribution in [2.45, 2.75) is 6.92 Å². The molecule has 1 amide bonds. The Kier molecular flexibility index (Phi) is 3.60. The summed E-state index contributed by atoms with van der Waals surface area (Å²) in [5.41, 5.74) is 1.14. The number of aromatic amines is 1. The van der Waals surface area contributed by atoms with Crippen LogP contribution in [0.5, 0.6) is 0 Å². The highest BCUT2D eigenvalue weighted by Gasteiger charge is 2.09. The first-order valence-corrected chi connectivity index (χ1v) is 5.75. The second-order valence-electron chi connectivity index (χ2n) is 3.85. The number of anilines is 1. The molecule has 0 fully saturated rings. The molecule has 0 saturated heterocycles. The molecule has 0 aliphatic rings. The van der Waals surface area contributed by atoms with E-state index in [-0.39, 0.29) is 18.1 Å². The van der Waals surface area contributed by atoms with Crippen LogP contribution in [-0.4, -0.2) is 33.9 Å². The predicted octanol–water partition coefficient (Wildman–Crippen LogP) is 1.02. The van der Waals surface area contributed by atoms with Gasteiger partial charge in [0.1, 0.15) is 0 Å². The molecule has 0 atom stereocenters. The van der Waals surface area contributed by atoms with Crippen molar-refractivity contribution < 1.29 is 9.72 Å². The zero-order valence-corrected chi connectivity index (χ0v) is 10.3. The van der Waals surface area contributed by atoms with Crippen LogP contribution in [0.1, 0.15) is 6.92 Å². The first-order chi connectivity index (χ1) is 9.10. The van der Waals surface area contributed by atoms with Crippen molar-refractivity contribution >= 4 is 28.6 Å². The van der Waals surface area contributed by atoms with Crippen molar-refractivity contribution in [1.29, 1.82) is 0 Å². The molecular weight excluding hydrogens is 250 g/mol. The number of nitrogens with zero attached hydrogens (tertiary/aromatic N) is 2. The number of aromatic nitrogens is 2. The second-order valence-corrected chi connectivity index (χ2v) is 3.85. The molecule has 100 valence electrons. The van der Waals surface area contributed by atoms with Crippen molar-refractivity contribution in [3.8, 4) is 0 Å². The van der Waals surface area contributed by atoms with Gasteiger partial charge in [-0.2, -0.15) is 0 Å². The van der Waals surface area contributed by atoms with Crippen LogP contribution in [-0.2, 0) is 4.79 Å². The van der Waals surface area contributed by atoms with E-state index in [0.29, 0.717) is 23.5 Å². The lowest BCUT2D eigenvalue weighted by Gasteiger charge is -2.02. The van der Waals surface area contributed by atoms with E-state index >= 15 is 0 Å². The molecule has 8 nitrogen and oxygen atoms in total. The molecule has 1 heterocycles. The predicted molar refractivity (Wildman–Crippen MR) is 69.9 cm³/mol. The van der Waals surface area contributed by atoms with Crippen molar-refractivity contribution in [1.82, 2.24) is 15.3 Å². The van der Waals surface area contributed by atoms with Gasteiger partial charge in [-0.1, -0.05) is 0 Å². The molecule has 0 bridgehead atoms. The number of amides is 1. The topological polar surface area (TPSA) is 113 Å². The van der Waals surface area contributed by atoms with E-state index in [0.717, 1.165) is 0 Å². The van der Waals surface area contributed by atoms with E-state index in [1.807, 2.05) is 6.92 Å². The van der Waals surface area contributed by atoms with Gasteiger partial charge in [-0.15, -0.1) is 0 Å². The first-order valence-electron chi connectivity index (χ1n) is 5.75. The minimum atomic E-state index is -0.470. The molecule has 0 aliphatic carbocycles. The number of carbonyl (C=O) groups excluding carboxylic acids is 1. The van der Waals surface area contributed by atoms with Crippen LogP contribution in [0.2, 0.25) is 0 Å². The molecule has 1 aromatic heterocycles. The number of nitro groups is 1. The summed E-state index contributed by atoms with van der Waals surface area (Å²) in [7, 11) is 0. The quantitative estimate of drug-likeness (QED) is 0.550. The van der Waals surface area contributed by atoms with Gasteiger partial charge in [-0.3, -0.25) is 14.9 Å². The summed E-state index contributed by atoms with van der Waals surface area (Å²) in [5, 5.41) is 16.1. The number of likely N-dealkylation sites (N-methyl/N-ethyl adjacent to an activating group) is 1. The van der Waals surface area contributed by atoms with E-state index in [1.165, 1.54) is 12.1 Å². The third-order valence-electron chi connectivity index (χ3n) is 2.47. The summed E-state index contributed by atoms with van der Waals surface area (Å²) in [6, 6.07) is 4.34. The third kappa shape index (κ3) is 2.97. The Hall–Kier alpha value is -2.64. The SMILES string of the molecule is CCNC(=O)CNc1nc2ccc([N+](=O)[O-])cc2[nH]1. The van der Waals surface area contributed by atoms with Crippen molar-refractivity contribution in [3.05, 3.63) is 28.3 Å². The molecule has 3 N–H and O–H groups in total. The lowest BCUT2D eigenvalue weighted by atomic mass is 10.3. The van der Waals surface area contributed by atoms with E-state index in [4.69, 9.17) is 0 Å². The van der Waals surface area contributed by atoms with Crippen LogP contribution >= 0.6 is 0 Å². The molecule has 8 heteroatoms. The lowest BCUT2D eigenvalue weighted by Crippen LogP contribution is -2.29. The molecule has 0 unspecified atom stereocenters. The maximum absolute atomic E-state index is 11.3. The zero-order chi connectivity index (χ0) is 13.8. The fourth-order valence-corrected chi connectivity index (χ4v) is 1.62. The minimum absolute atomic E-state index is 0.00794. The van der Waals surface area contributed by atoms with E-state index < -0.39 is 4.92 Å². The maximum atomic E-state index is 11.3. The number of imidazole rings is 1. The van der Waals surface area contributed by atoms with Crippen LogP contribution in [0.25, 0.3) is 11.0 Å². The monoisotopic (exact) mass is 263 g/mol. The lowest BCUT2D eigenvalue weighted by molar-refractivity contribution is -0.384. The molecule has 0 spiro atoms. The molecule has 2 rings (SSSR count). The Balaban J connectivity index is 2.13. The van der Waals surface area contributed by atoms with Crippen molar-refractivity contribution in [2.24, 2.45) is 0 Å². The van der Waals surface area contributed by atoms with Gasteiger partial charge in [-0.25, -0.2) is 4.98 Å². The van der Waals surface area contributed by atoms with Gasteiger partial charge in [0.2, 0.25) is 11.9 Å². The number of hydrogen-bond donors (Lipinski definition) is 3. The van der Waals surface area contributed by atoms with Crippen LogP contribution in [0.4, 0.5) is 11.6 Å². The summed E-state index contributed by atoms with van der Waals surface area (Å²) in [5.74, 6) is 0.260. The van der Waals surface area contributed by atoms with Gasteiger partial charge in [0.25, 0.3) is 5.69 Å². The summed E-state index contributed by atoms with van der Waals surface area (Å²) >= 11 is 0. The van der Waals surface area contributed by atoms with Gasteiger partial charge in [0.05, 0.1) is 22.5 Å². The standard InChI is InChI=1S/C11H13N5O3/c1-2-12-10(17)6-13-11-14-8-4-3-7(16(18)19)5-9(8)15-11/h3-5H,2,6H2,1H3,(H,12,17)(H2,13,14,15). The smallest absolute Gasteiger partial charge is 0.271 e. The number of carbonyl (C=O) groups is 1. The minimum Gasteiger partial charge on any atom is -0.355 e. The highest BCUT2D eigenvalue weighted by Crippen LogP contribution is 2.20. The Morgan fingerprint density at radius 3 is 3.00 bits per heavy atom. The number of nitrogens with one attached hydrogen (secondary N) is 3. The van der Waals surface area contributed by atoms with Gasteiger partial charge >= 0.3 is 0 Å². The Labute approximate surface area is 108 Å². The van der Waals surface area contributed by atoms with Gasteiger partial charge in [-0.05, 0) is 13.0 Å². The molecule has 0 aliphatic heterocycles. The van der Waals surface area contributed by atoms with E-state index in [2.05, 4.69) is 20.6 Å². The van der Waals surface area contributed by atoms with E-state index in [9.17, 15) is 14.9 Å². The average molecular weight is 263 g/mol. The first kappa shape index (κ1) is 12.8. The third-order valence-corrected chi connectivity index (χ3v) is 2.47. The van der Waals surface area contributed by atoms with Crippen molar-refractivity contribution in [2.75, 3.05) is 18.4 Å². The molecular formula is C11H13N5O3. The molecule has 1 aromatic carbocycles. The van der Waals surface area contributed by atoms with E-state index in [1.54, 1.807) is 6.07 Å². The van der Waals surface area contributed by atoms with Gasteiger partial charge in [0, 0.05) is 18.7 Å². The molecule has 2 aromatic rings. The maximum Gasteiger partial charge on any atom is 0.271 e. The van der Waals surface area contributed by atoms with Gasteiger partial charge < -0.3 is 15.6 Å². The average Bonchev–Trinajstić information content (AvgIpc) is 2.78. The summed E-state index contributed by atoms with van der Waals surface area (Å²) < 4.78 is 0. The normalized spacial score (nSPS) is 10.4. The van der Waals surface area contributed by atoms with Crippen LogP contribution in [0, 0.1) is 10.1 Å². The van der Waals surface area contributed by atoms with Crippen LogP contribution in [0.15, 0.2) is 18.2 Å². The second kappa shape index (κ2) is 5.34. The highest BCUT2D eigenvalue weighted by molar-refractivity contribution is 5.82. The number of nitro benzene ring substituents is 1. The summed E-state index contributed by atoms with van der Waals surface area (Å²) in [6.45, 7) is 2.49. The van der Waals surface area contributed by atoms with Crippen LogP contribution < -0.4 is 10.6 Å². The molecule has 0 saturated carbocycles. The largest absolute Gasteiger partial charge is 0.355 e. The fourth-order valence-electron chi connectivity index (χ4n) is 1.62. The van der Waals surface area contributed by atoms with Crippen molar-refractivity contribution in [3.63, 3.8) is 0 Å². The number of hydrogen-bond acceptors (Lipinski definition) is 5. The Morgan fingerprint density at radius 1 is 1.53 bits per heavy atom. The van der Waals surface area contributed by atoms with Crippen LogP contribution in [0.3, 0.4) is 0 Å². The summed E-state index contributed by atoms with van der Waals surface area (Å²) in [4.78, 5) is 28.5. The number of benzene rings is 1. The number of H-pyrrole nitrogens is 1. The van der Waals surface area contributed by atoms with Gasteiger partial charge in [0.15, 0.2) is 0 Å². The number of non-ortho nitro benzene ring substituents is 1. The highest BCUT2D eigenvalue weighted by atomic mass is 16.6. The molecule has 19 heavy (non-hydrogen) atoms. The Morgan fingerprint density at radius 2 is 2.32 bits per heavy atom.